The third kappa shape index (κ3) is 6.83. The Labute approximate surface area is 90.8 Å². The second kappa shape index (κ2) is 5.79. The summed E-state index contributed by atoms with van der Waals surface area (Å²) in [6.07, 6.45) is 0.171. The molecule has 0 aromatic heterocycles. The van der Waals surface area contributed by atoms with Gasteiger partial charge >= 0.3 is 0 Å². The van der Waals surface area contributed by atoms with Crippen LogP contribution in [0.2, 0.25) is 0 Å². The van der Waals surface area contributed by atoms with Crippen molar-refractivity contribution in [3.8, 4) is 0 Å². The highest BCUT2D eigenvalue weighted by Gasteiger charge is 2.22. The molecule has 1 fully saturated rings. The van der Waals surface area contributed by atoms with Gasteiger partial charge in [-0.05, 0) is 5.92 Å². The SMILES string of the molecule is CC(C)COS(=O)(=O)CCOCC1CO1. The largest absolute Gasteiger partial charge is 0.378 e. The number of ether oxygens (including phenoxy) is 2. The van der Waals surface area contributed by atoms with Crippen molar-refractivity contribution in [2.24, 2.45) is 5.92 Å². The quantitative estimate of drug-likeness (QED) is 0.348. The molecule has 0 bridgehead atoms. The zero-order valence-electron chi connectivity index (χ0n) is 9.14. The minimum Gasteiger partial charge on any atom is -0.378 e. The lowest BCUT2D eigenvalue weighted by Crippen LogP contribution is -2.18. The number of rotatable bonds is 8. The molecule has 0 spiro atoms. The maximum Gasteiger partial charge on any atom is 0.269 e. The number of hydrogen-bond donors (Lipinski definition) is 0. The first-order chi connectivity index (χ1) is 6.99. The molecule has 1 aliphatic rings. The van der Waals surface area contributed by atoms with Gasteiger partial charge in [-0.2, -0.15) is 8.42 Å². The Hall–Kier alpha value is -0.170. The van der Waals surface area contributed by atoms with Crippen LogP contribution in [0.3, 0.4) is 0 Å². The average molecular weight is 238 g/mol. The standard InChI is InChI=1S/C9H18O5S/c1-8(2)5-14-15(10,11)4-3-12-6-9-7-13-9/h8-9H,3-7H2,1-2H3. The Morgan fingerprint density at radius 2 is 2.13 bits per heavy atom. The topological polar surface area (TPSA) is 65.1 Å². The molecule has 1 aliphatic heterocycles. The van der Waals surface area contributed by atoms with Crippen LogP contribution in [0.15, 0.2) is 0 Å². The monoisotopic (exact) mass is 238 g/mol. The van der Waals surface area contributed by atoms with Crippen molar-refractivity contribution in [1.29, 1.82) is 0 Å². The summed E-state index contributed by atoms with van der Waals surface area (Å²) in [6.45, 7) is 5.39. The smallest absolute Gasteiger partial charge is 0.269 e. The highest BCUT2D eigenvalue weighted by atomic mass is 32.2. The van der Waals surface area contributed by atoms with Crippen molar-refractivity contribution in [1.82, 2.24) is 0 Å². The summed E-state index contributed by atoms with van der Waals surface area (Å²) in [7, 11) is -3.42. The fourth-order valence-corrected chi connectivity index (χ4v) is 1.76. The van der Waals surface area contributed by atoms with E-state index in [1.54, 1.807) is 0 Å². The van der Waals surface area contributed by atoms with Gasteiger partial charge in [0.15, 0.2) is 0 Å². The van der Waals surface area contributed by atoms with Crippen molar-refractivity contribution >= 4 is 10.1 Å². The Kier molecular flexibility index (Phi) is 4.98. The molecule has 5 nitrogen and oxygen atoms in total. The molecule has 0 amide bonds. The Morgan fingerprint density at radius 3 is 2.67 bits per heavy atom. The highest BCUT2D eigenvalue weighted by molar-refractivity contribution is 7.86. The van der Waals surface area contributed by atoms with Crippen LogP contribution in [0.4, 0.5) is 0 Å². The number of epoxide rings is 1. The van der Waals surface area contributed by atoms with E-state index in [-0.39, 0.29) is 31.0 Å². The summed E-state index contributed by atoms with van der Waals surface area (Å²) in [5, 5.41) is 0. The first kappa shape index (κ1) is 12.9. The van der Waals surface area contributed by atoms with Crippen LogP contribution >= 0.6 is 0 Å². The molecule has 6 heteroatoms. The Balaban J connectivity index is 2.05. The van der Waals surface area contributed by atoms with Gasteiger partial charge in [0.05, 0.1) is 32.2 Å². The van der Waals surface area contributed by atoms with Crippen molar-refractivity contribution in [2.75, 3.05) is 32.2 Å². The molecule has 0 aromatic carbocycles. The van der Waals surface area contributed by atoms with Crippen molar-refractivity contribution in [3.05, 3.63) is 0 Å². The zero-order valence-corrected chi connectivity index (χ0v) is 9.96. The second-order valence-corrected chi connectivity index (χ2v) is 5.73. The molecule has 0 radical (unpaired) electrons. The van der Waals surface area contributed by atoms with E-state index >= 15 is 0 Å². The summed E-state index contributed by atoms with van der Waals surface area (Å²) < 4.78 is 37.3. The molecule has 90 valence electrons. The number of hydrogen-bond acceptors (Lipinski definition) is 5. The van der Waals surface area contributed by atoms with Gasteiger partial charge in [0.1, 0.15) is 6.10 Å². The van der Waals surface area contributed by atoms with Gasteiger partial charge in [0.25, 0.3) is 10.1 Å². The lowest BCUT2D eigenvalue weighted by Gasteiger charge is -2.07. The van der Waals surface area contributed by atoms with Crippen LogP contribution < -0.4 is 0 Å². The molecule has 0 N–H and O–H groups in total. The molecule has 1 atom stereocenters. The van der Waals surface area contributed by atoms with Crippen molar-refractivity contribution in [3.63, 3.8) is 0 Å². The first-order valence-corrected chi connectivity index (χ1v) is 6.64. The van der Waals surface area contributed by atoms with Gasteiger partial charge in [-0.3, -0.25) is 4.18 Å². The summed E-state index contributed by atoms with van der Waals surface area (Å²) in [6, 6.07) is 0. The predicted molar refractivity (Wildman–Crippen MR) is 55.1 cm³/mol. The van der Waals surface area contributed by atoms with Crippen LogP contribution in [0.25, 0.3) is 0 Å². The van der Waals surface area contributed by atoms with Gasteiger partial charge in [0.2, 0.25) is 0 Å². The summed E-state index contributed by atoms with van der Waals surface area (Å²) in [5.74, 6) is 0.118. The second-order valence-electron chi connectivity index (χ2n) is 3.97. The van der Waals surface area contributed by atoms with Crippen LogP contribution in [0.5, 0.6) is 0 Å². The van der Waals surface area contributed by atoms with E-state index in [0.29, 0.717) is 6.61 Å². The predicted octanol–water partition coefficient (Wildman–Crippen LogP) is 0.404. The molecule has 0 aliphatic carbocycles. The van der Waals surface area contributed by atoms with Crippen LogP contribution in [-0.2, 0) is 23.8 Å². The summed E-state index contributed by atoms with van der Waals surface area (Å²) in [4.78, 5) is 0. The molecule has 1 rings (SSSR count). The molecule has 15 heavy (non-hydrogen) atoms. The maximum atomic E-state index is 11.3. The molecule has 1 saturated heterocycles. The molecule has 1 heterocycles. The van der Waals surface area contributed by atoms with Gasteiger partial charge in [-0.15, -0.1) is 0 Å². The van der Waals surface area contributed by atoms with Gasteiger partial charge in [-0.1, -0.05) is 13.8 Å². The van der Waals surface area contributed by atoms with Gasteiger partial charge in [0, 0.05) is 0 Å². The summed E-state index contributed by atoms with van der Waals surface area (Å²) >= 11 is 0. The van der Waals surface area contributed by atoms with Crippen LogP contribution in [0.1, 0.15) is 13.8 Å². The zero-order chi connectivity index (χ0) is 11.3. The highest BCUT2D eigenvalue weighted by Crippen LogP contribution is 2.08. The van der Waals surface area contributed by atoms with E-state index in [2.05, 4.69) is 0 Å². The van der Waals surface area contributed by atoms with E-state index in [1.807, 2.05) is 13.8 Å². The van der Waals surface area contributed by atoms with Gasteiger partial charge in [-0.25, -0.2) is 0 Å². The van der Waals surface area contributed by atoms with Crippen molar-refractivity contribution < 1.29 is 22.1 Å². The first-order valence-electron chi connectivity index (χ1n) is 5.06. The fourth-order valence-electron chi connectivity index (χ4n) is 0.839. The van der Waals surface area contributed by atoms with E-state index < -0.39 is 10.1 Å². The third-order valence-electron chi connectivity index (χ3n) is 1.76. The summed E-state index contributed by atoms with van der Waals surface area (Å²) in [5.41, 5.74) is 0. The van der Waals surface area contributed by atoms with E-state index in [4.69, 9.17) is 13.7 Å². The molecule has 1 unspecified atom stereocenters. The van der Waals surface area contributed by atoms with Gasteiger partial charge < -0.3 is 9.47 Å². The Morgan fingerprint density at radius 1 is 1.47 bits per heavy atom. The van der Waals surface area contributed by atoms with E-state index in [0.717, 1.165) is 6.61 Å². The average Bonchev–Trinajstić information content (AvgIpc) is 2.93. The fraction of sp³-hybridized carbons (Fsp3) is 1.00. The Bertz CT molecular complexity index is 268. The molecular formula is C9H18O5S. The van der Waals surface area contributed by atoms with E-state index in [9.17, 15) is 8.42 Å². The van der Waals surface area contributed by atoms with Crippen molar-refractivity contribution in [2.45, 2.75) is 20.0 Å². The van der Waals surface area contributed by atoms with E-state index in [1.165, 1.54) is 0 Å². The lowest BCUT2D eigenvalue weighted by atomic mass is 10.2. The third-order valence-corrected chi connectivity index (χ3v) is 2.93. The maximum absolute atomic E-state index is 11.3. The molecular weight excluding hydrogens is 220 g/mol. The van der Waals surface area contributed by atoms with Crippen LogP contribution in [-0.4, -0.2) is 46.7 Å². The normalized spacial score (nSPS) is 20.9. The molecule has 0 saturated carbocycles. The minimum absolute atomic E-state index is 0.0908. The minimum atomic E-state index is -3.42. The lowest BCUT2D eigenvalue weighted by molar-refractivity contribution is 0.127. The molecule has 0 aromatic rings. The van der Waals surface area contributed by atoms with Crippen LogP contribution in [0, 0.1) is 5.92 Å².